The molecule has 88 valence electrons. The molecule has 0 fully saturated rings. The standard InChI is InChI=1S/C15H16O2/c1-9-7-10(2)12(4)14(11(9)3)15(16)13-5-6-17-8-13/h5-8H,1-4H3. The molecule has 2 nitrogen and oxygen atoms in total. The van der Waals surface area contributed by atoms with Crippen molar-refractivity contribution in [2.45, 2.75) is 27.7 Å². The van der Waals surface area contributed by atoms with Gasteiger partial charge in [-0.2, -0.15) is 0 Å². The molecule has 2 rings (SSSR count). The summed E-state index contributed by atoms with van der Waals surface area (Å²) in [7, 11) is 0. The molecule has 0 aliphatic rings. The predicted octanol–water partition coefficient (Wildman–Crippen LogP) is 3.74. The van der Waals surface area contributed by atoms with E-state index in [9.17, 15) is 4.79 Å². The summed E-state index contributed by atoms with van der Waals surface area (Å²) < 4.78 is 4.98. The number of furan rings is 1. The molecule has 0 N–H and O–H groups in total. The number of hydrogen-bond acceptors (Lipinski definition) is 2. The fourth-order valence-corrected chi connectivity index (χ4v) is 2.10. The first-order valence-corrected chi connectivity index (χ1v) is 5.66. The van der Waals surface area contributed by atoms with Gasteiger partial charge in [-0.05, 0) is 56.0 Å². The summed E-state index contributed by atoms with van der Waals surface area (Å²) in [5, 5.41) is 0. The van der Waals surface area contributed by atoms with Gasteiger partial charge >= 0.3 is 0 Å². The van der Waals surface area contributed by atoms with Gasteiger partial charge in [0.2, 0.25) is 0 Å². The highest BCUT2D eigenvalue weighted by Crippen LogP contribution is 2.24. The lowest BCUT2D eigenvalue weighted by molar-refractivity contribution is 0.103. The zero-order valence-electron chi connectivity index (χ0n) is 10.6. The Morgan fingerprint density at radius 3 is 2.12 bits per heavy atom. The second kappa shape index (κ2) is 4.21. The molecular weight excluding hydrogens is 212 g/mol. The van der Waals surface area contributed by atoms with Crippen molar-refractivity contribution in [3.63, 3.8) is 0 Å². The minimum absolute atomic E-state index is 0.0422. The molecule has 0 radical (unpaired) electrons. The second-order valence-corrected chi connectivity index (χ2v) is 4.48. The van der Waals surface area contributed by atoms with Gasteiger partial charge in [-0.25, -0.2) is 0 Å². The van der Waals surface area contributed by atoms with Crippen LogP contribution in [-0.4, -0.2) is 5.78 Å². The topological polar surface area (TPSA) is 30.2 Å². The van der Waals surface area contributed by atoms with Gasteiger partial charge in [0, 0.05) is 5.56 Å². The van der Waals surface area contributed by atoms with Crippen molar-refractivity contribution in [1.82, 2.24) is 0 Å². The van der Waals surface area contributed by atoms with E-state index < -0.39 is 0 Å². The number of ketones is 1. The van der Waals surface area contributed by atoms with Crippen LogP contribution in [0.5, 0.6) is 0 Å². The molecule has 0 aliphatic carbocycles. The zero-order valence-corrected chi connectivity index (χ0v) is 10.6. The minimum Gasteiger partial charge on any atom is -0.472 e. The molecule has 17 heavy (non-hydrogen) atoms. The highest BCUT2D eigenvalue weighted by molar-refractivity contribution is 6.10. The van der Waals surface area contributed by atoms with Crippen molar-refractivity contribution in [2.24, 2.45) is 0 Å². The Bertz CT molecular complexity index is 537. The van der Waals surface area contributed by atoms with Gasteiger partial charge in [-0.15, -0.1) is 0 Å². The first-order valence-electron chi connectivity index (χ1n) is 5.66. The summed E-state index contributed by atoms with van der Waals surface area (Å²) in [4.78, 5) is 12.4. The van der Waals surface area contributed by atoms with Crippen molar-refractivity contribution in [3.8, 4) is 0 Å². The maximum atomic E-state index is 12.4. The summed E-state index contributed by atoms with van der Waals surface area (Å²) in [6, 6.07) is 3.83. The van der Waals surface area contributed by atoms with Crippen molar-refractivity contribution >= 4 is 5.78 Å². The molecule has 1 aromatic carbocycles. The molecule has 0 saturated heterocycles. The average Bonchev–Trinajstić information content (AvgIpc) is 2.80. The molecule has 0 aliphatic heterocycles. The van der Waals surface area contributed by atoms with E-state index in [2.05, 4.69) is 6.07 Å². The highest BCUT2D eigenvalue weighted by Gasteiger charge is 2.17. The number of carbonyl (C=O) groups excluding carboxylic acids is 1. The van der Waals surface area contributed by atoms with Gasteiger partial charge < -0.3 is 4.42 Å². The summed E-state index contributed by atoms with van der Waals surface area (Å²) in [6.07, 6.45) is 3.03. The minimum atomic E-state index is 0.0422. The lowest BCUT2D eigenvalue weighted by atomic mass is 9.90. The van der Waals surface area contributed by atoms with Crippen LogP contribution >= 0.6 is 0 Å². The highest BCUT2D eigenvalue weighted by atomic mass is 16.3. The normalized spacial score (nSPS) is 10.6. The average molecular weight is 228 g/mol. The van der Waals surface area contributed by atoms with Gasteiger partial charge in [0.25, 0.3) is 0 Å². The van der Waals surface area contributed by atoms with Crippen molar-refractivity contribution in [1.29, 1.82) is 0 Å². The van der Waals surface area contributed by atoms with Gasteiger partial charge in [0.05, 0.1) is 11.8 Å². The smallest absolute Gasteiger partial charge is 0.196 e. The van der Waals surface area contributed by atoms with Crippen LogP contribution in [0.3, 0.4) is 0 Å². The Hall–Kier alpha value is -1.83. The van der Waals surface area contributed by atoms with E-state index in [4.69, 9.17) is 4.42 Å². The van der Waals surface area contributed by atoms with Crippen LogP contribution in [0.2, 0.25) is 0 Å². The Kier molecular flexibility index (Phi) is 2.88. The Morgan fingerprint density at radius 2 is 1.65 bits per heavy atom. The molecule has 0 saturated carbocycles. The molecule has 2 heteroatoms. The van der Waals surface area contributed by atoms with Gasteiger partial charge in [-0.3, -0.25) is 4.79 Å². The summed E-state index contributed by atoms with van der Waals surface area (Å²) in [5.41, 5.74) is 5.84. The number of rotatable bonds is 2. The van der Waals surface area contributed by atoms with E-state index in [1.807, 2.05) is 27.7 Å². The van der Waals surface area contributed by atoms with E-state index >= 15 is 0 Å². The van der Waals surface area contributed by atoms with E-state index in [0.29, 0.717) is 5.56 Å². The fourth-order valence-electron chi connectivity index (χ4n) is 2.10. The van der Waals surface area contributed by atoms with Crippen LogP contribution in [0.15, 0.2) is 29.1 Å². The molecule has 1 aromatic heterocycles. The third kappa shape index (κ3) is 1.91. The number of hydrogen-bond donors (Lipinski definition) is 0. The van der Waals surface area contributed by atoms with Crippen molar-refractivity contribution in [2.75, 3.05) is 0 Å². The second-order valence-electron chi connectivity index (χ2n) is 4.48. The molecule has 0 atom stereocenters. The van der Waals surface area contributed by atoms with E-state index in [1.54, 1.807) is 6.07 Å². The van der Waals surface area contributed by atoms with Gasteiger partial charge in [0.1, 0.15) is 6.26 Å². The first kappa shape index (κ1) is 11.6. The van der Waals surface area contributed by atoms with Crippen LogP contribution in [0.25, 0.3) is 0 Å². The van der Waals surface area contributed by atoms with Crippen LogP contribution in [0, 0.1) is 27.7 Å². The largest absolute Gasteiger partial charge is 0.472 e. The van der Waals surface area contributed by atoms with Crippen LogP contribution in [0.4, 0.5) is 0 Å². The van der Waals surface area contributed by atoms with Crippen LogP contribution < -0.4 is 0 Å². The summed E-state index contributed by atoms with van der Waals surface area (Å²) >= 11 is 0. The van der Waals surface area contributed by atoms with E-state index in [-0.39, 0.29) is 5.78 Å². The SMILES string of the molecule is Cc1cc(C)c(C)c(C(=O)c2ccoc2)c1C. The molecule has 0 unspecified atom stereocenters. The van der Waals surface area contributed by atoms with E-state index in [0.717, 1.165) is 27.8 Å². The quantitative estimate of drug-likeness (QED) is 0.733. The maximum Gasteiger partial charge on any atom is 0.196 e. The Labute approximate surface area is 101 Å². The monoisotopic (exact) mass is 228 g/mol. The lowest BCUT2D eigenvalue weighted by Crippen LogP contribution is -2.08. The molecule has 0 amide bonds. The number of aryl methyl sites for hydroxylation is 2. The van der Waals surface area contributed by atoms with Gasteiger partial charge in [-0.1, -0.05) is 6.07 Å². The first-order chi connectivity index (χ1) is 8.02. The predicted molar refractivity (Wildman–Crippen MR) is 67.5 cm³/mol. The Morgan fingerprint density at radius 1 is 1.06 bits per heavy atom. The lowest BCUT2D eigenvalue weighted by Gasteiger charge is -2.13. The third-order valence-corrected chi connectivity index (χ3v) is 3.38. The molecular formula is C15H16O2. The summed E-state index contributed by atoms with van der Waals surface area (Å²) in [6.45, 7) is 8.06. The number of carbonyl (C=O) groups is 1. The Balaban J connectivity index is 2.63. The molecule has 2 aromatic rings. The van der Waals surface area contributed by atoms with Gasteiger partial charge in [0.15, 0.2) is 5.78 Å². The van der Waals surface area contributed by atoms with Crippen molar-refractivity contribution < 1.29 is 9.21 Å². The number of benzene rings is 1. The zero-order chi connectivity index (χ0) is 12.6. The molecule has 0 bridgehead atoms. The van der Waals surface area contributed by atoms with Crippen LogP contribution in [0.1, 0.15) is 38.2 Å². The maximum absolute atomic E-state index is 12.4. The fraction of sp³-hybridized carbons (Fsp3) is 0.267. The van der Waals surface area contributed by atoms with Crippen molar-refractivity contribution in [3.05, 3.63) is 58.0 Å². The summed E-state index contributed by atoms with van der Waals surface area (Å²) in [5.74, 6) is 0.0422. The molecule has 1 heterocycles. The van der Waals surface area contributed by atoms with E-state index in [1.165, 1.54) is 12.5 Å². The van der Waals surface area contributed by atoms with Crippen LogP contribution in [-0.2, 0) is 0 Å². The molecule has 0 spiro atoms. The third-order valence-electron chi connectivity index (χ3n) is 3.38.